The molecule has 38 heavy (non-hydrogen) atoms. The van der Waals surface area contributed by atoms with Crippen LogP contribution in [0.25, 0.3) is 11.0 Å². The Labute approximate surface area is 223 Å². The summed E-state index contributed by atoms with van der Waals surface area (Å²) in [5, 5.41) is 13.3. The number of allylic oxidation sites excluding steroid dienone is 4. The highest BCUT2D eigenvalue weighted by molar-refractivity contribution is 6.08. The number of aliphatic hydroxyl groups is 1. The Bertz CT molecular complexity index is 1400. The van der Waals surface area contributed by atoms with Crippen LogP contribution >= 0.6 is 0 Å². The standard InChI is InChI=1S/C31H37NO6/c1-15(33)14-32-29(36)19-9-20(28-18(17(19)3)8-16(2)37-28)25-26-21(34)10-30(4,5)12-23(26)38-24-13-31(6,7)11-22(35)27(24)25/h8-9,15,25,33H,10-14H2,1-7H3,(H,32,36). The maximum absolute atomic E-state index is 13.7. The average molecular weight is 520 g/mol. The number of aliphatic hydroxyl groups excluding tert-OH is 1. The summed E-state index contributed by atoms with van der Waals surface area (Å²) in [6, 6.07) is 3.66. The number of ether oxygens (including phenoxy) is 1. The summed E-state index contributed by atoms with van der Waals surface area (Å²) in [6.45, 7) is 13.6. The van der Waals surface area contributed by atoms with E-state index in [1.807, 2.05) is 19.9 Å². The van der Waals surface area contributed by atoms with E-state index in [0.717, 1.165) is 10.9 Å². The number of aryl methyl sites for hydroxylation is 2. The summed E-state index contributed by atoms with van der Waals surface area (Å²) in [5.74, 6) is 0.847. The van der Waals surface area contributed by atoms with Crippen molar-refractivity contribution >= 4 is 28.4 Å². The molecule has 2 aromatic rings. The Balaban J connectivity index is 1.78. The topological polar surface area (TPSA) is 106 Å². The van der Waals surface area contributed by atoms with Crippen LogP contribution in [0, 0.1) is 24.7 Å². The summed E-state index contributed by atoms with van der Waals surface area (Å²) in [5.41, 5.74) is 2.86. The van der Waals surface area contributed by atoms with Gasteiger partial charge in [0.15, 0.2) is 11.6 Å². The van der Waals surface area contributed by atoms with Gasteiger partial charge in [-0.15, -0.1) is 0 Å². The van der Waals surface area contributed by atoms with Crippen molar-refractivity contribution in [2.75, 3.05) is 6.54 Å². The number of rotatable bonds is 4. The molecule has 0 bridgehead atoms. The minimum atomic E-state index is -0.694. The molecule has 1 aromatic carbocycles. The number of carbonyl (C=O) groups is 3. The molecule has 1 aromatic heterocycles. The van der Waals surface area contributed by atoms with Crippen molar-refractivity contribution < 1.29 is 28.6 Å². The SMILES string of the molecule is Cc1cc2c(C)c(C(=O)NCC(C)O)cc(C3C4=C(CC(C)(C)CC4=O)OC4=C3C(=O)CC(C)(C)C4)c2o1. The molecule has 7 nitrogen and oxygen atoms in total. The molecule has 1 unspecified atom stereocenters. The van der Waals surface area contributed by atoms with Gasteiger partial charge in [0.1, 0.15) is 22.9 Å². The van der Waals surface area contributed by atoms with Gasteiger partial charge < -0.3 is 19.6 Å². The predicted octanol–water partition coefficient (Wildman–Crippen LogP) is 5.56. The Hall–Kier alpha value is -3.19. The van der Waals surface area contributed by atoms with Gasteiger partial charge in [0.05, 0.1) is 12.0 Å². The van der Waals surface area contributed by atoms with Crippen molar-refractivity contribution in [3.63, 3.8) is 0 Å². The third-order valence-corrected chi connectivity index (χ3v) is 7.92. The van der Waals surface area contributed by atoms with Crippen molar-refractivity contribution in [3.05, 3.63) is 57.2 Å². The van der Waals surface area contributed by atoms with E-state index < -0.39 is 12.0 Å². The number of hydrogen-bond donors (Lipinski definition) is 2. The molecule has 5 rings (SSSR count). The van der Waals surface area contributed by atoms with E-state index in [1.165, 1.54) is 0 Å². The molecular formula is C31H37NO6. The zero-order valence-corrected chi connectivity index (χ0v) is 23.3. The van der Waals surface area contributed by atoms with E-state index in [0.29, 0.717) is 70.8 Å². The first-order chi connectivity index (χ1) is 17.7. The fraction of sp³-hybridized carbons (Fsp3) is 0.516. The number of benzene rings is 1. The highest BCUT2D eigenvalue weighted by Crippen LogP contribution is 2.54. The number of nitrogens with one attached hydrogen (secondary N) is 1. The highest BCUT2D eigenvalue weighted by Gasteiger charge is 2.48. The molecule has 1 atom stereocenters. The van der Waals surface area contributed by atoms with Crippen LogP contribution in [0.3, 0.4) is 0 Å². The quantitative estimate of drug-likeness (QED) is 0.548. The first kappa shape index (κ1) is 26.4. The number of fused-ring (bicyclic) bond motifs is 1. The monoisotopic (exact) mass is 519 g/mol. The molecule has 2 aliphatic carbocycles. The lowest BCUT2D eigenvalue weighted by atomic mass is 9.65. The highest BCUT2D eigenvalue weighted by atomic mass is 16.5. The van der Waals surface area contributed by atoms with Crippen LogP contribution in [0.5, 0.6) is 0 Å². The third-order valence-electron chi connectivity index (χ3n) is 7.92. The number of carbonyl (C=O) groups excluding carboxylic acids is 3. The molecule has 2 N–H and O–H groups in total. The number of hydrogen-bond acceptors (Lipinski definition) is 6. The molecular weight excluding hydrogens is 482 g/mol. The van der Waals surface area contributed by atoms with E-state index in [9.17, 15) is 19.5 Å². The van der Waals surface area contributed by atoms with Crippen LogP contribution in [0.15, 0.2) is 39.2 Å². The summed E-state index contributed by atoms with van der Waals surface area (Å²) in [7, 11) is 0. The fourth-order valence-electron chi connectivity index (χ4n) is 6.25. The van der Waals surface area contributed by atoms with E-state index in [2.05, 4.69) is 33.0 Å². The fourth-order valence-corrected chi connectivity index (χ4v) is 6.25. The Morgan fingerprint density at radius 3 is 2.08 bits per heavy atom. The molecule has 3 aliphatic rings. The van der Waals surface area contributed by atoms with Crippen molar-refractivity contribution in [3.8, 4) is 0 Å². The van der Waals surface area contributed by atoms with Gasteiger partial charge in [0.25, 0.3) is 5.91 Å². The van der Waals surface area contributed by atoms with Crippen LogP contribution in [0.1, 0.15) is 93.5 Å². The van der Waals surface area contributed by atoms with Gasteiger partial charge in [0, 0.05) is 59.9 Å². The molecule has 1 amide bonds. The summed E-state index contributed by atoms with van der Waals surface area (Å²) < 4.78 is 12.6. The summed E-state index contributed by atoms with van der Waals surface area (Å²) in [4.78, 5) is 40.7. The normalized spacial score (nSPS) is 21.8. The number of furan rings is 1. The molecule has 0 saturated carbocycles. The molecule has 0 radical (unpaired) electrons. The van der Waals surface area contributed by atoms with E-state index in [4.69, 9.17) is 9.15 Å². The van der Waals surface area contributed by atoms with Gasteiger partial charge in [-0.25, -0.2) is 0 Å². The summed E-state index contributed by atoms with van der Waals surface area (Å²) >= 11 is 0. The second-order valence-corrected chi connectivity index (χ2v) is 12.9. The maximum atomic E-state index is 13.7. The first-order valence-electron chi connectivity index (χ1n) is 13.4. The van der Waals surface area contributed by atoms with Crippen LogP contribution in [0.4, 0.5) is 0 Å². The van der Waals surface area contributed by atoms with Gasteiger partial charge >= 0.3 is 0 Å². The first-order valence-corrected chi connectivity index (χ1v) is 13.4. The molecule has 2 heterocycles. The molecule has 0 fully saturated rings. The van der Waals surface area contributed by atoms with Crippen LogP contribution in [-0.2, 0) is 14.3 Å². The van der Waals surface area contributed by atoms with Gasteiger partial charge in [-0.3, -0.25) is 14.4 Å². The lowest BCUT2D eigenvalue weighted by Crippen LogP contribution is -2.38. The average Bonchev–Trinajstić information content (AvgIpc) is 3.16. The smallest absolute Gasteiger partial charge is 0.251 e. The molecule has 0 spiro atoms. The van der Waals surface area contributed by atoms with Gasteiger partial charge in [-0.2, -0.15) is 0 Å². The Morgan fingerprint density at radius 1 is 1.00 bits per heavy atom. The van der Waals surface area contributed by atoms with Gasteiger partial charge in [0.2, 0.25) is 0 Å². The number of amides is 1. The minimum absolute atomic E-state index is 0.0393. The largest absolute Gasteiger partial charge is 0.465 e. The summed E-state index contributed by atoms with van der Waals surface area (Å²) in [6.07, 6.45) is 1.18. The van der Waals surface area contributed by atoms with Crippen LogP contribution in [0.2, 0.25) is 0 Å². The maximum Gasteiger partial charge on any atom is 0.251 e. The lowest BCUT2D eigenvalue weighted by Gasteiger charge is -2.42. The van der Waals surface area contributed by atoms with Crippen molar-refractivity contribution in [2.24, 2.45) is 10.8 Å². The zero-order chi connectivity index (χ0) is 27.7. The molecule has 7 heteroatoms. The molecule has 202 valence electrons. The van der Waals surface area contributed by atoms with Crippen LogP contribution in [-0.4, -0.2) is 35.2 Å². The van der Waals surface area contributed by atoms with E-state index >= 15 is 0 Å². The number of Topliss-reactive ketones (excluding diaryl/α,β-unsaturated/α-hetero) is 2. The van der Waals surface area contributed by atoms with Crippen molar-refractivity contribution in [1.82, 2.24) is 5.32 Å². The van der Waals surface area contributed by atoms with E-state index in [1.54, 1.807) is 13.0 Å². The zero-order valence-electron chi connectivity index (χ0n) is 23.3. The second kappa shape index (κ2) is 8.94. The van der Waals surface area contributed by atoms with Gasteiger partial charge in [-0.05, 0) is 49.3 Å². The van der Waals surface area contributed by atoms with Crippen molar-refractivity contribution in [1.29, 1.82) is 0 Å². The molecule has 1 aliphatic heterocycles. The third kappa shape index (κ3) is 4.51. The Kier molecular flexibility index (Phi) is 6.21. The van der Waals surface area contributed by atoms with Crippen LogP contribution < -0.4 is 5.32 Å². The molecule has 0 saturated heterocycles. The van der Waals surface area contributed by atoms with Crippen molar-refractivity contribution in [2.45, 2.75) is 86.2 Å². The Morgan fingerprint density at radius 2 is 1.55 bits per heavy atom. The lowest BCUT2D eigenvalue weighted by molar-refractivity contribution is -0.120. The van der Waals surface area contributed by atoms with Gasteiger partial charge in [-0.1, -0.05) is 27.7 Å². The second-order valence-electron chi connectivity index (χ2n) is 12.9. The predicted molar refractivity (Wildman–Crippen MR) is 144 cm³/mol. The minimum Gasteiger partial charge on any atom is -0.465 e. The number of ketones is 2. The van der Waals surface area contributed by atoms with E-state index in [-0.39, 0.29) is 34.8 Å².